The van der Waals surface area contributed by atoms with Gasteiger partial charge in [-0.15, -0.1) is 0 Å². The van der Waals surface area contributed by atoms with Crippen LogP contribution in [-0.4, -0.2) is 17.8 Å². The van der Waals surface area contributed by atoms with E-state index >= 15 is 0 Å². The van der Waals surface area contributed by atoms with Crippen molar-refractivity contribution in [3.8, 4) is 0 Å². The second kappa shape index (κ2) is 5.04. The fraction of sp³-hybridized carbons (Fsp3) is 1.00. The summed E-state index contributed by atoms with van der Waals surface area (Å²) in [6.45, 7) is 3.37. The third-order valence-corrected chi connectivity index (χ3v) is 3.00. The van der Waals surface area contributed by atoms with E-state index in [-0.39, 0.29) is 0 Å². The van der Waals surface area contributed by atoms with E-state index in [4.69, 9.17) is 0 Å². The lowest BCUT2D eigenvalue weighted by Gasteiger charge is -2.28. The van der Waals surface area contributed by atoms with Crippen molar-refractivity contribution in [1.82, 2.24) is 5.32 Å². The Morgan fingerprint density at radius 3 is 2.73 bits per heavy atom. The van der Waals surface area contributed by atoms with Crippen molar-refractivity contribution in [3.05, 3.63) is 0 Å². The summed E-state index contributed by atoms with van der Waals surface area (Å²) in [4.78, 5) is 0. The number of hydrogen-bond acceptors (Lipinski definition) is 2. The Balaban J connectivity index is 2.18. The van der Waals surface area contributed by atoms with Gasteiger partial charge in [0.05, 0.1) is 0 Å². The summed E-state index contributed by atoms with van der Waals surface area (Å²) < 4.78 is 0. The zero-order valence-electron chi connectivity index (χ0n) is 7.34. The molecule has 0 amide bonds. The molecule has 1 nitrogen and oxygen atoms in total. The summed E-state index contributed by atoms with van der Waals surface area (Å²) in [7, 11) is 0. The molecule has 11 heavy (non-hydrogen) atoms. The SMILES string of the molecule is CCCN[C@@H]1CCCC[C@@H]1S. The molecule has 0 bridgehead atoms. The highest BCUT2D eigenvalue weighted by Crippen LogP contribution is 2.22. The minimum atomic E-state index is 0.607. The van der Waals surface area contributed by atoms with Crippen LogP contribution in [0.2, 0.25) is 0 Å². The molecular weight excluding hydrogens is 154 g/mol. The lowest BCUT2D eigenvalue weighted by atomic mass is 9.95. The molecule has 1 rings (SSSR count). The molecule has 1 fully saturated rings. The van der Waals surface area contributed by atoms with Crippen molar-refractivity contribution in [3.63, 3.8) is 0 Å². The minimum Gasteiger partial charge on any atom is -0.313 e. The van der Waals surface area contributed by atoms with E-state index < -0.39 is 0 Å². The Kier molecular flexibility index (Phi) is 4.31. The molecule has 0 aromatic heterocycles. The third kappa shape index (κ3) is 3.04. The molecule has 0 saturated heterocycles. The first kappa shape index (κ1) is 9.40. The summed E-state index contributed by atoms with van der Waals surface area (Å²) >= 11 is 4.57. The standard InChI is InChI=1S/C9H19NS/c1-2-7-10-8-5-3-4-6-9(8)11/h8-11H,2-7H2,1H3/t8-,9+/m1/s1. The maximum absolute atomic E-state index is 4.57. The van der Waals surface area contributed by atoms with Crippen molar-refractivity contribution in [2.24, 2.45) is 0 Å². The monoisotopic (exact) mass is 173 g/mol. The maximum Gasteiger partial charge on any atom is 0.0184 e. The fourth-order valence-corrected chi connectivity index (χ4v) is 2.12. The second-order valence-electron chi connectivity index (χ2n) is 3.41. The van der Waals surface area contributed by atoms with Gasteiger partial charge in [0.2, 0.25) is 0 Å². The lowest BCUT2D eigenvalue weighted by Crippen LogP contribution is -2.39. The van der Waals surface area contributed by atoms with Crippen LogP contribution >= 0.6 is 12.6 Å². The molecule has 1 N–H and O–H groups in total. The summed E-state index contributed by atoms with van der Waals surface area (Å²) in [5.41, 5.74) is 0. The highest BCUT2D eigenvalue weighted by atomic mass is 32.1. The van der Waals surface area contributed by atoms with Crippen LogP contribution in [0.4, 0.5) is 0 Å². The molecule has 2 atom stereocenters. The molecule has 1 aliphatic rings. The van der Waals surface area contributed by atoms with Gasteiger partial charge in [-0.2, -0.15) is 12.6 Å². The van der Waals surface area contributed by atoms with E-state index in [2.05, 4.69) is 24.9 Å². The molecule has 0 spiro atoms. The molecule has 0 heterocycles. The molecule has 1 saturated carbocycles. The quantitative estimate of drug-likeness (QED) is 0.624. The maximum atomic E-state index is 4.57. The van der Waals surface area contributed by atoms with Gasteiger partial charge in [0, 0.05) is 11.3 Å². The van der Waals surface area contributed by atoms with E-state index in [9.17, 15) is 0 Å². The van der Waals surface area contributed by atoms with E-state index in [0.717, 1.165) is 6.54 Å². The molecule has 0 radical (unpaired) electrons. The van der Waals surface area contributed by atoms with E-state index in [0.29, 0.717) is 11.3 Å². The van der Waals surface area contributed by atoms with Crippen LogP contribution in [0.1, 0.15) is 39.0 Å². The van der Waals surface area contributed by atoms with Gasteiger partial charge in [0.15, 0.2) is 0 Å². The Morgan fingerprint density at radius 1 is 1.36 bits per heavy atom. The van der Waals surface area contributed by atoms with Crippen molar-refractivity contribution >= 4 is 12.6 Å². The fourth-order valence-electron chi connectivity index (χ4n) is 1.68. The Hall–Kier alpha value is 0.310. The number of nitrogens with one attached hydrogen (secondary N) is 1. The first-order valence-corrected chi connectivity index (χ1v) is 5.27. The summed E-state index contributed by atoms with van der Waals surface area (Å²) in [5, 5.41) is 4.15. The molecule has 1 aliphatic carbocycles. The first-order chi connectivity index (χ1) is 5.34. The van der Waals surface area contributed by atoms with Crippen LogP contribution in [0.25, 0.3) is 0 Å². The Bertz CT molecular complexity index is 106. The largest absolute Gasteiger partial charge is 0.313 e. The second-order valence-corrected chi connectivity index (χ2v) is 4.08. The number of hydrogen-bond donors (Lipinski definition) is 2. The van der Waals surface area contributed by atoms with Gasteiger partial charge in [-0.3, -0.25) is 0 Å². The van der Waals surface area contributed by atoms with Crippen molar-refractivity contribution in [2.45, 2.75) is 50.3 Å². The molecule has 0 aliphatic heterocycles. The highest BCUT2D eigenvalue weighted by Gasteiger charge is 2.20. The summed E-state index contributed by atoms with van der Waals surface area (Å²) in [6.07, 6.45) is 6.62. The van der Waals surface area contributed by atoms with Crippen LogP contribution < -0.4 is 5.32 Å². The van der Waals surface area contributed by atoms with Gasteiger partial charge in [-0.05, 0) is 25.8 Å². The van der Waals surface area contributed by atoms with Crippen molar-refractivity contribution in [1.29, 1.82) is 0 Å². The van der Waals surface area contributed by atoms with Gasteiger partial charge in [0.1, 0.15) is 0 Å². The van der Waals surface area contributed by atoms with Crippen molar-refractivity contribution in [2.75, 3.05) is 6.54 Å². The Labute approximate surface area is 75.4 Å². The van der Waals surface area contributed by atoms with Crippen LogP contribution in [0.15, 0.2) is 0 Å². The molecule has 0 aromatic rings. The van der Waals surface area contributed by atoms with Crippen LogP contribution in [0.5, 0.6) is 0 Å². The van der Waals surface area contributed by atoms with Gasteiger partial charge in [-0.25, -0.2) is 0 Å². The number of rotatable bonds is 3. The zero-order chi connectivity index (χ0) is 8.10. The van der Waals surface area contributed by atoms with Gasteiger partial charge in [0.25, 0.3) is 0 Å². The predicted molar refractivity (Wildman–Crippen MR) is 53.3 cm³/mol. The molecule has 0 aromatic carbocycles. The molecule has 2 heteroatoms. The minimum absolute atomic E-state index is 0.607. The van der Waals surface area contributed by atoms with Gasteiger partial charge >= 0.3 is 0 Å². The average molecular weight is 173 g/mol. The third-order valence-electron chi connectivity index (χ3n) is 2.39. The van der Waals surface area contributed by atoms with Crippen molar-refractivity contribution < 1.29 is 0 Å². The highest BCUT2D eigenvalue weighted by molar-refractivity contribution is 7.81. The lowest BCUT2D eigenvalue weighted by molar-refractivity contribution is 0.386. The zero-order valence-corrected chi connectivity index (χ0v) is 8.24. The first-order valence-electron chi connectivity index (χ1n) is 4.76. The average Bonchev–Trinajstić information content (AvgIpc) is 2.03. The van der Waals surface area contributed by atoms with Crippen LogP contribution in [0, 0.1) is 0 Å². The van der Waals surface area contributed by atoms with Gasteiger partial charge in [-0.1, -0.05) is 19.8 Å². The smallest absolute Gasteiger partial charge is 0.0184 e. The van der Waals surface area contributed by atoms with Crippen LogP contribution in [0.3, 0.4) is 0 Å². The van der Waals surface area contributed by atoms with Gasteiger partial charge < -0.3 is 5.32 Å². The predicted octanol–water partition coefficient (Wildman–Crippen LogP) is 2.23. The molecular formula is C9H19NS. The molecule has 0 unspecified atom stereocenters. The summed E-state index contributed by atoms with van der Waals surface area (Å²) in [5.74, 6) is 0. The van der Waals surface area contributed by atoms with E-state index in [1.54, 1.807) is 0 Å². The Morgan fingerprint density at radius 2 is 2.09 bits per heavy atom. The molecule has 66 valence electrons. The van der Waals surface area contributed by atoms with E-state index in [1.165, 1.54) is 32.1 Å². The normalized spacial score (nSPS) is 32.2. The van der Waals surface area contributed by atoms with Crippen LogP contribution in [-0.2, 0) is 0 Å². The van der Waals surface area contributed by atoms with E-state index in [1.807, 2.05) is 0 Å². The summed E-state index contributed by atoms with van der Waals surface area (Å²) in [6, 6.07) is 0.687. The number of thiol groups is 1. The topological polar surface area (TPSA) is 12.0 Å².